The minimum Gasteiger partial charge on any atom is -0.606 e. The summed E-state index contributed by atoms with van der Waals surface area (Å²) in [5, 5.41) is 13.1. The minimum atomic E-state index is -1.55. The summed E-state index contributed by atoms with van der Waals surface area (Å²) in [7, 11) is 0. The Labute approximate surface area is 168 Å². The molecule has 1 amide bonds. The van der Waals surface area contributed by atoms with Gasteiger partial charge in [0.05, 0.1) is 24.0 Å². The van der Waals surface area contributed by atoms with Crippen molar-refractivity contribution in [2.24, 2.45) is 0 Å². The van der Waals surface area contributed by atoms with E-state index in [4.69, 9.17) is 0 Å². The second-order valence-corrected chi connectivity index (χ2v) is 8.69. The Bertz CT molecular complexity index is 871. The maximum absolute atomic E-state index is 13.1. The highest BCUT2D eigenvalue weighted by Crippen LogP contribution is 2.36. The molecule has 3 atom stereocenters. The van der Waals surface area contributed by atoms with E-state index in [-0.39, 0.29) is 16.9 Å². The Hall–Kier alpha value is -2.28. The molecular weight excluding hydrogens is 372 g/mol. The lowest BCUT2D eigenvalue weighted by Gasteiger charge is -2.31. The van der Waals surface area contributed by atoms with Crippen molar-refractivity contribution in [1.29, 1.82) is 0 Å². The summed E-state index contributed by atoms with van der Waals surface area (Å²) in [6.45, 7) is 0.581. The summed E-state index contributed by atoms with van der Waals surface area (Å²) in [5.41, 5.74) is 1.95. The third-order valence-electron chi connectivity index (χ3n) is 5.31. The van der Waals surface area contributed by atoms with E-state index in [2.05, 4.69) is 5.32 Å². The van der Waals surface area contributed by atoms with Gasteiger partial charge in [-0.05, 0) is 30.5 Å². The summed E-state index contributed by atoms with van der Waals surface area (Å²) in [5.74, 6) is -0.364. The van der Waals surface area contributed by atoms with Gasteiger partial charge in [-0.25, -0.2) is 0 Å². The van der Waals surface area contributed by atoms with Gasteiger partial charge in [0.2, 0.25) is 4.91 Å². The van der Waals surface area contributed by atoms with Gasteiger partial charge in [-0.15, -0.1) is 0 Å². The maximum Gasteiger partial charge on any atom is 0.301 e. The lowest BCUT2D eigenvalue weighted by atomic mass is 9.92. The number of fused-ring (bicyclic) bond motifs is 1. The topological polar surface area (TPSA) is 75.6 Å². The van der Waals surface area contributed by atoms with Gasteiger partial charge in [0.15, 0.2) is 4.90 Å². The highest BCUT2D eigenvalue weighted by molar-refractivity contribution is 7.96. The predicted octanol–water partition coefficient (Wildman–Crippen LogP) is 3.08. The third-order valence-corrected chi connectivity index (χ3v) is 6.75. The fourth-order valence-electron chi connectivity index (χ4n) is 3.80. The number of amides is 1. The highest BCUT2D eigenvalue weighted by Gasteiger charge is 2.36. The third kappa shape index (κ3) is 3.94. The van der Waals surface area contributed by atoms with E-state index in [0.717, 1.165) is 30.5 Å². The van der Waals surface area contributed by atoms with Gasteiger partial charge in [-0.1, -0.05) is 55.3 Å². The maximum atomic E-state index is 13.1. The molecule has 0 aromatic heterocycles. The molecule has 1 fully saturated rings. The number of hydrogen-bond acceptors (Lipinski definition) is 4. The van der Waals surface area contributed by atoms with Crippen molar-refractivity contribution < 1.29 is 14.5 Å². The molecule has 1 heterocycles. The summed E-state index contributed by atoms with van der Waals surface area (Å²) >= 11 is -1.55. The number of aliphatic hydroxyl groups excluding tert-OH is 1. The number of anilines is 1. The smallest absolute Gasteiger partial charge is 0.301 e. The molecule has 28 heavy (non-hydrogen) atoms. The Morgan fingerprint density at radius 3 is 2.61 bits per heavy atom. The number of carbonyl (C=O) groups excluding carboxylic acids is 1. The molecule has 6 heteroatoms. The number of carbonyl (C=O) groups is 1. The van der Waals surface area contributed by atoms with Gasteiger partial charge >= 0.3 is 5.91 Å². The van der Waals surface area contributed by atoms with Crippen LogP contribution in [0.3, 0.4) is 0 Å². The molecule has 2 aromatic carbocycles. The number of nitrogens with zero attached hydrogens (tertiary/aromatic N) is 1. The van der Waals surface area contributed by atoms with Crippen molar-refractivity contribution >= 4 is 22.8 Å². The molecule has 146 valence electrons. The van der Waals surface area contributed by atoms with Crippen LogP contribution >= 0.6 is 0 Å². The number of rotatable bonds is 4. The Balaban J connectivity index is 1.61. The van der Waals surface area contributed by atoms with Crippen LogP contribution in [0.1, 0.15) is 31.2 Å². The molecule has 1 saturated carbocycles. The van der Waals surface area contributed by atoms with E-state index in [1.807, 2.05) is 53.4 Å². The molecule has 2 aliphatic rings. The fourth-order valence-corrected chi connectivity index (χ4v) is 5.07. The zero-order valence-electron chi connectivity index (χ0n) is 15.6. The number of aliphatic hydroxyl groups is 1. The molecule has 0 saturated heterocycles. The first-order valence-corrected chi connectivity index (χ1v) is 10.8. The van der Waals surface area contributed by atoms with Crippen LogP contribution in [-0.2, 0) is 22.5 Å². The fraction of sp³-hybridized carbons (Fsp3) is 0.318. The molecule has 1 aliphatic carbocycles. The lowest BCUT2D eigenvalue weighted by molar-refractivity contribution is -0.118. The van der Waals surface area contributed by atoms with E-state index < -0.39 is 17.3 Å². The van der Waals surface area contributed by atoms with Crippen molar-refractivity contribution in [3.63, 3.8) is 0 Å². The van der Waals surface area contributed by atoms with Gasteiger partial charge in [0.25, 0.3) is 0 Å². The van der Waals surface area contributed by atoms with Crippen LogP contribution in [0.2, 0.25) is 0 Å². The number of benzene rings is 2. The largest absolute Gasteiger partial charge is 0.606 e. The van der Waals surface area contributed by atoms with Gasteiger partial charge in [0, 0.05) is 17.7 Å². The first kappa shape index (κ1) is 19.1. The normalized spacial score (nSPS) is 24.3. The summed E-state index contributed by atoms with van der Waals surface area (Å²) in [6.07, 6.45) is 4.54. The molecule has 0 radical (unpaired) electrons. The van der Waals surface area contributed by atoms with Crippen LogP contribution in [0.5, 0.6) is 0 Å². The van der Waals surface area contributed by atoms with Crippen LogP contribution in [0.15, 0.2) is 70.6 Å². The second-order valence-electron chi connectivity index (χ2n) is 7.28. The second kappa shape index (κ2) is 8.39. The quantitative estimate of drug-likeness (QED) is 0.779. The van der Waals surface area contributed by atoms with Crippen molar-refractivity contribution in [1.82, 2.24) is 5.32 Å². The summed E-state index contributed by atoms with van der Waals surface area (Å²) in [6, 6.07) is 17.2. The Morgan fingerprint density at radius 1 is 1.11 bits per heavy atom. The molecule has 0 bridgehead atoms. The van der Waals surface area contributed by atoms with Gasteiger partial charge in [-0.3, -0.25) is 4.79 Å². The highest BCUT2D eigenvalue weighted by atomic mass is 32.2. The van der Waals surface area contributed by atoms with E-state index in [1.165, 1.54) is 0 Å². The number of para-hydroxylation sites is 1. The van der Waals surface area contributed by atoms with Crippen molar-refractivity contribution in [3.8, 4) is 0 Å². The first-order valence-electron chi connectivity index (χ1n) is 9.65. The van der Waals surface area contributed by atoms with Crippen molar-refractivity contribution in [3.05, 3.63) is 71.3 Å². The zero-order valence-corrected chi connectivity index (χ0v) is 16.4. The Kier molecular flexibility index (Phi) is 5.71. The lowest BCUT2D eigenvalue weighted by Crippen LogP contribution is -2.47. The van der Waals surface area contributed by atoms with Gasteiger partial charge < -0.3 is 19.9 Å². The first-order chi connectivity index (χ1) is 13.6. The average Bonchev–Trinajstić information content (AvgIpc) is 2.72. The van der Waals surface area contributed by atoms with Gasteiger partial charge in [0.1, 0.15) is 0 Å². The van der Waals surface area contributed by atoms with E-state index in [0.29, 0.717) is 17.9 Å². The van der Waals surface area contributed by atoms with Crippen LogP contribution in [0.4, 0.5) is 5.69 Å². The summed E-state index contributed by atoms with van der Waals surface area (Å²) < 4.78 is 13.1. The van der Waals surface area contributed by atoms with E-state index >= 15 is 0 Å². The monoisotopic (exact) mass is 396 g/mol. The van der Waals surface area contributed by atoms with Crippen LogP contribution in [-0.4, -0.2) is 27.7 Å². The molecule has 4 rings (SSSR count). The Morgan fingerprint density at radius 2 is 1.82 bits per heavy atom. The van der Waals surface area contributed by atoms with E-state index in [9.17, 15) is 14.5 Å². The SMILES string of the molecule is O=C(N[C@H]1CCCC[C@@H]1O)C1=CN(Cc2ccccc2)c2ccccc2[S+]1[O-]. The molecule has 5 nitrogen and oxygen atoms in total. The molecule has 2 N–H and O–H groups in total. The molecule has 2 aromatic rings. The average molecular weight is 397 g/mol. The number of hydrogen-bond donors (Lipinski definition) is 2. The van der Waals surface area contributed by atoms with E-state index in [1.54, 1.807) is 12.3 Å². The van der Waals surface area contributed by atoms with Crippen LogP contribution < -0.4 is 10.2 Å². The molecular formula is C22H24N2O3S. The predicted molar refractivity (Wildman–Crippen MR) is 110 cm³/mol. The number of nitrogens with one attached hydrogen (secondary N) is 1. The van der Waals surface area contributed by atoms with Crippen molar-refractivity contribution in [2.45, 2.75) is 49.3 Å². The van der Waals surface area contributed by atoms with Crippen LogP contribution in [0.25, 0.3) is 0 Å². The molecule has 1 aliphatic heterocycles. The van der Waals surface area contributed by atoms with Gasteiger partial charge in [-0.2, -0.15) is 0 Å². The molecule has 1 unspecified atom stereocenters. The van der Waals surface area contributed by atoms with Crippen molar-refractivity contribution in [2.75, 3.05) is 4.90 Å². The standard InChI is InChI=1S/C22H24N2O3S/c25-19-12-6-4-10-17(19)23-22(26)21-15-24(14-16-8-2-1-3-9-16)18-11-5-7-13-20(18)28(21)27/h1-3,5,7-9,11,13,15,17,19,25H,4,6,10,12,14H2,(H,23,26)/t17-,19-,28?/m0/s1. The summed E-state index contributed by atoms with van der Waals surface area (Å²) in [4.78, 5) is 15.8. The zero-order chi connectivity index (χ0) is 19.5. The minimum absolute atomic E-state index is 0.229. The molecule has 0 spiro atoms. The van der Waals surface area contributed by atoms with Crippen LogP contribution in [0, 0.1) is 0 Å².